The molecule has 58 heavy (non-hydrogen) atoms. The first-order valence-corrected chi connectivity index (χ1v) is 19.2. The van der Waals surface area contributed by atoms with Gasteiger partial charge in [-0.15, -0.1) is 12.4 Å². The molecule has 0 bridgehead atoms. The summed E-state index contributed by atoms with van der Waals surface area (Å²) >= 11 is 12.4. The summed E-state index contributed by atoms with van der Waals surface area (Å²) in [5.74, 6) is -0.832. The number of carbonyl (C=O) groups is 4. The van der Waals surface area contributed by atoms with Gasteiger partial charge >= 0.3 is 6.18 Å². The molecule has 4 amide bonds. The van der Waals surface area contributed by atoms with Gasteiger partial charge in [0.2, 0.25) is 17.7 Å². The van der Waals surface area contributed by atoms with E-state index in [0.29, 0.717) is 68.3 Å². The number of anilines is 4. The first-order valence-electron chi connectivity index (χ1n) is 18.4. The van der Waals surface area contributed by atoms with Crippen molar-refractivity contribution < 1.29 is 37.1 Å². The van der Waals surface area contributed by atoms with Crippen molar-refractivity contribution in [2.45, 2.75) is 49.9 Å². The number of alkyl halides is 3. The highest BCUT2D eigenvalue weighted by Gasteiger charge is 2.59. The third-order valence-corrected chi connectivity index (χ3v) is 11.3. The van der Waals surface area contributed by atoms with Crippen LogP contribution in [-0.4, -0.2) is 96.0 Å². The fraction of sp³-hybridized carbons (Fsp3) is 0.385. The first kappa shape index (κ1) is 42.6. The van der Waals surface area contributed by atoms with Crippen molar-refractivity contribution in [2.75, 3.05) is 66.3 Å². The van der Waals surface area contributed by atoms with E-state index in [-0.39, 0.29) is 58.9 Å². The minimum absolute atomic E-state index is 0. The number of thiocarbonyl (C=S) groups is 1. The molecule has 3 aromatic rings. The lowest BCUT2D eigenvalue weighted by atomic mass is 9.75. The van der Waals surface area contributed by atoms with Crippen molar-refractivity contribution >= 4 is 87.7 Å². The van der Waals surface area contributed by atoms with Crippen molar-refractivity contribution in [1.82, 2.24) is 15.1 Å². The monoisotopic (exact) mass is 858 g/mol. The number of benzene rings is 3. The molecule has 3 saturated heterocycles. The normalized spacial score (nSPS) is 19.6. The van der Waals surface area contributed by atoms with Crippen molar-refractivity contribution in [3.63, 3.8) is 0 Å². The van der Waals surface area contributed by atoms with Gasteiger partial charge in [0.15, 0.2) is 5.11 Å². The molecule has 306 valence electrons. The van der Waals surface area contributed by atoms with Gasteiger partial charge in [-0.1, -0.05) is 17.7 Å². The molecule has 1 saturated carbocycles. The fourth-order valence-corrected chi connectivity index (χ4v) is 8.23. The molecule has 1 spiro atoms. The molecule has 3 N–H and O–H groups in total. The lowest BCUT2D eigenvalue weighted by Gasteiger charge is -2.43. The zero-order valence-electron chi connectivity index (χ0n) is 30.9. The zero-order valence-corrected chi connectivity index (χ0v) is 33.3. The number of hydrogen-bond acceptors (Lipinski definition) is 10. The van der Waals surface area contributed by atoms with Crippen LogP contribution in [0.15, 0.2) is 60.7 Å². The third kappa shape index (κ3) is 8.86. The number of nitrogens with one attached hydrogen (secondary N) is 3. The third-order valence-electron chi connectivity index (χ3n) is 10.7. The van der Waals surface area contributed by atoms with Gasteiger partial charge in [0.05, 0.1) is 34.5 Å². The summed E-state index contributed by atoms with van der Waals surface area (Å²) in [6.45, 7) is 3.94. The second kappa shape index (κ2) is 17.5. The Morgan fingerprint density at radius 2 is 1.71 bits per heavy atom. The van der Waals surface area contributed by atoms with Gasteiger partial charge in [0.25, 0.3) is 5.91 Å². The summed E-state index contributed by atoms with van der Waals surface area (Å²) in [6, 6.07) is 16.3. The van der Waals surface area contributed by atoms with E-state index in [2.05, 4.69) is 25.8 Å². The van der Waals surface area contributed by atoms with E-state index < -0.39 is 34.8 Å². The molecule has 4 aliphatic rings. The van der Waals surface area contributed by atoms with E-state index in [9.17, 15) is 37.6 Å². The molecule has 0 radical (unpaired) electrons. The standard InChI is InChI=1S/C39H38ClF3N8O5S.ClH/c40-30-21-28(51-37(57)50(36(55)38(51)11-2-12-38)27-6-5-24(22-44)29(20-27)39(41,42)43)7-9-32(30)56-18-17-48-13-15-49(16-14-48)23-34(53)46-26-4-1-3-25(19-26)45-31-8-10-33(52)47-35(31)54;/h1,3-7,9,19-21,31,45H,2,8,10-18,23H2,(H,46,53)(H,47,52,54);1H. The van der Waals surface area contributed by atoms with Gasteiger partial charge in [-0.3, -0.25) is 39.2 Å². The first-order chi connectivity index (χ1) is 27.3. The number of hydrogen-bond donors (Lipinski definition) is 3. The summed E-state index contributed by atoms with van der Waals surface area (Å²) in [5.41, 5.74) is -1.06. The molecule has 3 aromatic carbocycles. The number of nitriles is 1. The highest BCUT2D eigenvalue weighted by molar-refractivity contribution is 7.81. The highest BCUT2D eigenvalue weighted by atomic mass is 35.5. The van der Waals surface area contributed by atoms with Crippen LogP contribution in [0.25, 0.3) is 0 Å². The quantitative estimate of drug-likeness (QED) is 0.164. The molecule has 1 atom stereocenters. The molecular weight excluding hydrogens is 820 g/mol. The van der Waals surface area contributed by atoms with Crippen LogP contribution in [0.3, 0.4) is 0 Å². The lowest BCUT2D eigenvalue weighted by molar-refractivity contribution is -0.138. The number of amides is 4. The second-order valence-corrected chi connectivity index (χ2v) is 15.1. The fourth-order valence-electron chi connectivity index (χ4n) is 7.54. The van der Waals surface area contributed by atoms with Gasteiger partial charge in [0.1, 0.15) is 23.9 Å². The predicted octanol–water partition coefficient (Wildman–Crippen LogP) is 5.57. The molecule has 4 fully saturated rings. The number of imide groups is 1. The Balaban J connectivity index is 0.00000567. The summed E-state index contributed by atoms with van der Waals surface area (Å²) in [4.78, 5) is 57.3. The van der Waals surface area contributed by atoms with Gasteiger partial charge in [-0.05, 0) is 92.5 Å². The van der Waals surface area contributed by atoms with E-state index >= 15 is 0 Å². The van der Waals surface area contributed by atoms with Crippen molar-refractivity contribution in [3.05, 3.63) is 76.8 Å². The van der Waals surface area contributed by atoms with Gasteiger partial charge in [0, 0.05) is 56.2 Å². The van der Waals surface area contributed by atoms with Crippen LogP contribution >= 0.6 is 36.2 Å². The number of rotatable bonds is 11. The van der Waals surface area contributed by atoms with Crippen LogP contribution in [0.4, 0.5) is 35.9 Å². The van der Waals surface area contributed by atoms with E-state index in [0.717, 1.165) is 36.5 Å². The minimum Gasteiger partial charge on any atom is -0.491 e. The molecule has 3 aliphatic heterocycles. The number of piperidine rings is 1. The molecular formula is C39H39Cl2F3N8O5S. The summed E-state index contributed by atoms with van der Waals surface area (Å²) < 4.78 is 47.4. The summed E-state index contributed by atoms with van der Waals surface area (Å²) in [7, 11) is 0. The smallest absolute Gasteiger partial charge is 0.417 e. The number of halogens is 5. The van der Waals surface area contributed by atoms with Crippen molar-refractivity contribution in [2.24, 2.45) is 0 Å². The van der Waals surface area contributed by atoms with E-state index in [1.54, 1.807) is 53.4 Å². The molecule has 19 heteroatoms. The minimum atomic E-state index is -4.80. The van der Waals surface area contributed by atoms with Gasteiger partial charge < -0.3 is 20.3 Å². The maximum Gasteiger partial charge on any atom is 0.417 e. The zero-order chi connectivity index (χ0) is 40.5. The van der Waals surface area contributed by atoms with Crippen LogP contribution in [0.5, 0.6) is 5.75 Å². The molecule has 0 aromatic heterocycles. The average Bonchev–Trinajstić information content (AvgIpc) is 3.40. The number of nitrogens with zero attached hydrogens (tertiary/aromatic N) is 5. The van der Waals surface area contributed by atoms with Crippen LogP contribution in [0.2, 0.25) is 5.02 Å². The molecule has 7 rings (SSSR count). The second-order valence-electron chi connectivity index (χ2n) is 14.3. The maximum absolute atomic E-state index is 13.8. The van der Waals surface area contributed by atoms with Crippen molar-refractivity contribution in [1.29, 1.82) is 5.26 Å². The SMILES string of the molecule is Cl.N#Cc1ccc(N2C(=O)C3(CCC3)N(c3ccc(OCCN4CCN(CC(=O)Nc5cccc(NC6CCC(=O)NC6=O)c5)CC4)c(Cl)c3)C2=S)cc1C(F)(F)F. The van der Waals surface area contributed by atoms with Gasteiger partial charge in [-0.25, -0.2) is 0 Å². The summed E-state index contributed by atoms with van der Waals surface area (Å²) in [6.07, 6.45) is -2.49. The van der Waals surface area contributed by atoms with Crippen LogP contribution in [0.1, 0.15) is 43.2 Å². The largest absolute Gasteiger partial charge is 0.491 e. The van der Waals surface area contributed by atoms with E-state index in [1.807, 2.05) is 0 Å². The number of carbonyl (C=O) groups excluding carboxylic acids is 4. The molecule has 1 aliphatic carbocycles. The number of piperazine rings is 1. The van der Waals surface area contributed by atoms with Crippen molar-refractivity contribution in [3.8, 4) is 11.8 Å². The summed E-state index contributed by atoms with van der Waals surface area (Å²) in [5, 5.41) is 17.9. The maximum atomic E-state index is 13.8. The lowest BCUT2D eigenvalue weighted by Crippen LogP contribution is -2.55. The Hall–Kier alpha value is -4.99. The van der Waals surface area contributed by atoms with Crippen LogP contribution in [-0.2, 0) is 25.4 Å². The highest BCUT2D eigenvalue weighted by Crippen LogP contribution is 2.49. The Morgan fingerprint density at radius 1 is 1.00 bits per heavy atom. The number of ether oxygens (including phenoxy) is 1. The molecule has 13 nitrogen and oxygen atoms in total. The average molecular weight is 860 g/mol. The van der Waals surface area contributed by atoms with Gasteiger partial charge in [-0.2, -0.15) is 18.4 Å². The predicted molar refractivity (Wildman–Crippen MR) is 217 cm³/mol. The van der Waals surface area contributed by atoms with Crippen LogP contribution in [0, 0.1) is 11.3 Å². The van der Waals surface area contributed by atoms with Crippen LogP contribution < -0.4 is 30.5 Å². The Morgan fingerprint density at radius 3 is 2.36 bits per heavy atom. The van der Waals surface area contributed by atoms with E-state index in [1.165, 1.54) is 6.07 Å². The topological polar surface area (TPSA) is 150 Å². The molecule has 3 heterocycles. The Kier molecular flexibility index (Phi) is 12.8. The Labute approximate surface area is 348 Å². The van der Waals surface area contributed by atoms with E-state index in [4.69, 9.17) is 28.6 Å². The molecule has 1 unspecified atom stereocenters. The Bertz CT molecular complexity index is 2160.